The third-order valence-electron chi connectivity index (χ3n) is 3.83. The second-order valence-corrected chi connectivity index (χ2v) is 7.17. The van der Waals surface area contributed by atoms with Crippen LogP contribution < -0.4 is 4.74 Å². The van der Waals surface area contributed by atoms with Gasteiger partial charge < -0.3 is 9.84 Å². The van der Waals surface area contributed by atoms with Crippen LogP contribution in [0.2, 0.25) is 5.02 Å². The summed E-state index contributed by atoms with van der Waals surface area (Å²) in [6.45, 7) is 2.01. The SMILES string of the molecule is COc1cc(/C=C2/SC(=Nc3ccc(C)cc3)N(C)C2=O)cc(Cl)c1O. The molecule has 5 nitrogen and oxygen atoms in total. The van der Waals surface area contributed by atoms with Gasteiger partial charge in [0.2, 0.25) is 0 Å². The molecule has 0 atom stereocenters. The van der Waals surface area contributed by atoms with Crippen molar-refractivity contribution in [3.8, 4) is 11.5 Å². The lowest BCUT2D eigenvalue weighted by Gasteiger charge is -2.07. The molecule has 134 valence electrons. The first-order chi connectivity index (χ1) is 12.4. The molecule has 0 aromatic heterocycles. The molecule has 0 saturated carbocycles. The highest BCUT2D eigenvalue weighted by molar-refractivity contribution is 8.18. The summed E-state index contributed by atoms with van der Waals surface area (Å²) in [5.74, 6) is -0.0221. The highest BCUT2D eigenvalue weighted by Crippen LogP contribution is 2.38. The van der Waals surface area contributed by atoms with E-state index in [-0.39, 0.29) is 22.4 Å². The minimum absolute atomic E-state index is 0.125. The summed E-state index contributed by atoms with van der Waals surface area (Å²) in [6, 6.07) is 11.0. The molecule has 2 aromatic rings. The summed E-state index contributed by atoms with van der Waals surface area (Å²) >= 11 is 7.30. The lowest BCUT2D eigenvalue weighted by molar-refractivity contribution is -0.121. The van der Waals surface area contributed by atoms with Crippen molar-refractivity contribution in [2.45, 2.75) is 6.92 Å². The van der Waals surface area contributed by atoms with Crippen LogP contribution in [-0.2, 0) is 4.79 Å². The van der Waals surface area contributed by atoms with Gasteiger partial charge >= 0.3 is 0 Å². The molecular weight excluding hydrogens is 372 g/mol. The molecule has 0 spiro atoms. The van der Waals surface area contributed by atoms with Crippen LogP contribution in [0.5, 0.6) is 11.5 Å². The number of phenols is 1. The number of amides is 1. The van der Waals surface area contributed by atoms with Crippen LogP contribution in [-0.4, -0.2) is 35.2 Å². The Kier molecular flexibility index (Phi) is 5.25. The summed E-state index contributed by atoms with van der Waals surface area (Å²) in [7, 11) is 3.13. The van der Waals surface area contributed by atoms with Gasteiger partial charge in [0.25, 0.3) is 5.91 Å². The highest BCUT2D eigenvalue weighted by Gasteiger charge is 2.30. The zero-order chi connectivity index (χ0) is 18.8. The van der Waals surface area contributed by atoms with Gasteiger partial charge in [-0.1, -0.05) is 29.3 Å². The van der Waals surface area contributed by atoms with Crippen LogP contribution >= 0.6 is 23.4 Å². The molecule has 1 heterocycles. The number of rotatable bonds is 3. The van der Waals surface area contributed by atoms with Crippen LogP contribution in [0.4, 0.5) is 5.69 Å². The third-order valence-corrected chi connectivity index (χ3v) is 5.18. The largest absolute Gasteiger partial charge is 0.503 e. The van der Waals surface area contributed by atoms with Crippen LogP contribution in [0.15, 0.2) is 46.3 Å². The van der Waals surface area contributed by atoms with E-state index in [1.165, 1.54) is 23.8 Å². The molecule has 0 aliphatic carbocycles. The quantitative estimate of drug-likeness (QED) is 0.781. The lowest BCUT2D eigenvalue weighted by atomic mass is 10.2. The predicted octanol–water partition coefficient (Wildman–Crippen LogP) is 4.60. The fourth-order valence-electron chi connectivity index (χ4n) is 2.37. The Balaban J connectivity index is 1.92. The minimum Gasteiger partial charge on any atom is -0.503 e. The lowest BCUT2D eigenvalue weighted by Crippen LogP contribution is -2.23. The topological polar surface area (TPSA) is 62.1 Å². The molecule has 1 saturated heterocycles. The van der Waals surface area contributed by atoms with E-state index >= 15 is 0 Å². The number of nitrogens with zero attached hydrogens (tertiary/aromatic N) is 2. The average molecular weight is 389 g/mol. The fraction of sp³-hybridized carbons (Fsp3) is 0.158. The Morgan fingerprint density at radius 2 is 1.96 bits per heavy atom. The van der Waals surface area contributed by atoms with E-state index in [1.807, 2.05) is 31.2 Å². The second-order valence-electron chi connectivity index (χ2n) is 5.76. The number of benzene rings is 2. The van der Waals surface area contributed by atoms with Crippen molar-refractivity contribution in [2.75, 3.05) is 14.2 Å². The molecule has 1 aliphatic rings. The Hall–Kier alpha value is -2.44. The molecule has 7 heteroatoms. The van der Waals surface area contributed by atoms with Crippen molar-refractivity contribution in [2.24, 2.45) is 4.99 Å². The van der Waals surface area contributed by atoms with Crippen molar-refractivity contribution < 1.29 is 14.6 Å². The second kappa shape index (κ2) is 7.43. The molecule has 2 aromatic carbocycles. The molecule has 3 rings (SSSR count). The van der Waals surface area contributed by atoms with Gasteiger partial charge in [-0.25, -0.2) is 4.99 Å². The van der Waals surface area contributed by atoms with E-state index in [0.29, 0.717) is 15.6 Å². The van der Waals surface area contributed by atoms with Crippen molar-refractivity contribution in [3.05, 3.63) is 57.5 Å². The van der Waals surface area contributed by atoms with Gasteiger partial charge in [0.1, 0.15) is 0 Å². The number of phenolic OH excluding ortho intramolecular Hbond substituents is 1. The maximum Gasteiger partial charge on any atom is 0.266 e. The first-order valence-electron chi connectivity index (χ1n) is 7.78. The monoisotopic (exact) mass is 388 g/mol. The molecule has 1 aliphatic heterocycles. The summed E-state index contributed by atoms with van der Waals surface area (Å²) in [6.07, 6.45) is 1.70. The van der Waals surface area contributed by atoms with E-state index in [9.17, 15) is 9.90 Å². The number of methoxy groups -OCH3 is 1. The Morgan fingerprint density at radius 1 is 1.27 bits per heavy atom. The van der Waals surface area contributed by atoms with E-state index in [4.69, 9.17) is 16.3 Å². The van der Waals surface area contributed by atoms with Gasteiger partial charge in [-0.2, -0.15) is 0 Å². The van der Waals surface area contributed by atoms with Crippen molar-refractivity contribution in [1.29, 1.82) is 0 Å². The number of ether oxygens (including phenoxy) is 1. The average Bonchev–Trinajstić information content (AvgIpc) is 2.88. The van der Waals surface area contributed by atoms with Crippen molar-refractivity contribution in [1.82, 2.24) is 4.90 Å². The van der Waals surface area contributed by atoms with Gasteiger partial charge in [-0.15, -0.1) is 0 Å². The van der Waals surface area contributed by atoms with Gasteiger partial charge in [0.05, 0.1) is 22.7 Å². The smallest absolute Gasteiger partial charge is 0.266 e. The normalized spacial score (nSPS) is 17.4. The van der Waals surface area contributed by atoms with E-state index < -0.39 is 0 Å². The molecule has 26 heavy (non-hydrogen) atoms. The van der Waals surface area contributed by atoms with Gasteiger partial charge in [0.15, 0.2) is 16.7 Å². The molecule has 1 N–H and O–H groups in total. The molecule has 0 bridgehead atoms. The molecule has 1 fully saturated rings. The van der Waals surface area contributed by atoms with Gasteiger partial charge in [0, 0.05) is 7.05 Å². The van der Waals surface area contributed by atoms with E-state index in [1.54, 1.807) is 25.3 Å². The van der Waals surface area contributed by atoms with Crippen LogP contribution in [0.1, 0.15) is 11.1 Å². The highest BCUT2D eigenvalue weighted by atomic mass is 35.5. The summed E-state index contributed by atoms with van der Waals surface area (Å²) in [4.78, 5) is 19.1. The number of likely N-dealkylation sites (N-methyl/N-ethyl adjacent to an activating group) is 1. The number of aliphatic imine (C=N–C) groups is 1. The van der Waals surface area contributed by atoms with Gasteiger partial charge in [-0.05, 0) is 54.6 Å². The fourth-order valence-corrected chi connectivity index (χ4v) is 3.57. The predicted molar refractivity (Wildman–Crippen MR) is 106 cm³/mol. The number of thioether (sulfide) groups is 1. The summed E-state index contributed by atoms with van der Waals surface area (Å²) in [5, 5.41) is 10.6. The number of hydrogen-bond acceptors (Lipinski definition) is 5. The zero-order valence-electron chi connectivity index (χ0n) is 14.5. The van der Waals surface area contributed by atoms with E-state index in [0.717, 1.165) is 11.3 Å². The Labute approximate surface area is 160 Å². The zero-order valence-corrected chi connectivity index (χ0v) is 16.1. The number of hydrogen-bond donors (Lipinski definition) is 1. The number of amidine groups is 1. The molecule has 0 unspecified atom stereocenters. The first-order valence-corrected chi connectivity index (χ1v) is 8.98. The van der Waals surface area contributed by atoms with E-state index in [2.05, 4.69) is 4.99 Å². The Morgan fingerprint density at radius 3 is 2.62 bits per heavy atom. The van der Waals surface area contributed by atoms with Gasteiger partial charge in [-0.3, -0.25) is 9.69 Å². The maximum atomic E-state index is 12.5. The van der Waals surface area contributed by atoms with Crippen molar-refractivity contribution >= 4 is 46.2 Å². The standard InChI is InChI=1S/C19H17ClN2O3S/c1-11-4-6-13(7-5-11)21-19-22(2)18(24)16(26-19)10-12-8-14(20)17(23)15(9-12)25-3/h4-10,23H,1-3H3/b16-10+,21-19?. The number of halogens is 1. The summed E-state index contributed by atoms with van der Waals surface area (Å²) < 4.78 is 5.10. The number of aromatic hydroxyl groups is 1. The maximum absolute atomic E-state index is 12.5. The molecule has 0 radical (unpaired) electrons. The Bertz CT molecular complexity index is 923. The van der Waals surface area contributed by atoms with Crippen LogP contribution in [0.25, 0.3) is 6.08 Å². The van der Waals surface area contributed by atoms with Crippen molar-refractivity contribution in [3.63, 3.8) is 0 Å². The molecule has 1 amide bonds. The van der Waals surface area contributed by atoms with Crippen LogP contribution in [0.3, 0.4) is 0 Å². The number of aryl methyl sites for hydroxylation is 1. The van der Waals surface area contributed by atoms with Crippen LogP contribution in [0, 0.1) is 6.92 Å². The molecular formula is C19H17ClN2O3S. The first kappa shape index (κ1) is 18.4. The number of carbonyl (C=O) groups excluding carboxylic acids is 1. The number of carbonyl (C=O) groups is 1. The third kappa shape index (κ3) is 3.71. The summed E-state index contributed by atoms with van der Waals surface area (Å²) in [5.41, 5.74) is 2.59. The minimum atomic E-state index is -0.149.